The van der Waals surface area contributed by atoms with Gasteiger partial charge in [-0.3, -0.25) is 14.5 Å². The number of hydrogen-bond acceptors (Lipinski definition) is 6. The van der Waals surface area contributed by atoms with Gasteiger partial charge in [-0.05, 0) is 70.9 Å². The number of anilines is 1. The summed E-state index contributed by atoms with van der Waals surface area (Å²) in [6.07, 6.45) is 1.05. The Morgan fingerprint density at radius 2 is 1.62 bits per heavy atom. The van der Waals surface area contributed by atoms with Gasteiger partial charge in [0.05, 0.1) is 17.0 Å². The van der Waals surface area contributed by atoms with Crippen molar-refractivity contribution < 1.29 is 31.9 Å². The van der Waals surface area contributed by atoms with Crippen molar-refractivity contribution in [3.63, 3.8) is 0 Å². The van der Waals surface area contributed by atoms with Gasteiger partial charge in [0.15, 0.2) is 15.6 Å². The lowest BCUT2D eigenvalue weighted by Crippen LogP contribution is -2.52. The van der Waals surface area contributed by atoms with Gasteiger partial charge in [0.1, 0.15) is 17.0 Å². The lowest BCUT2D eigenvalue weighted by molar-refractivity contribution is -0.136. The molecule has 1 saturated heterocycles. The molecular formula is C32H28F2N2O5S. The number of halogens is 2. The molecule has 1 N–H and O–H groups in total. The van der Waals surface area contributed by atoms with Gasteiger partial charge in [0.25, 0.3) is 0 Å². The second-order valence-electron chi connectivity index (χ2n) is 10.1. The number of carboxylic acid groups (broad SMARTS) is 1. The predicted octanol–water partition coefficient (Wildman–Crippen LogP) is 5.08. The van der Waals surface area contributed by atoms with Crippen molar-refractivity contribution in [2.45, 2.75) is 16.7 Å². The van der Waals surface area contributed by atoms with Crippen molar-refractivity contribution in [2.24, 2.45) is 0 Å². The van der Waals surface area contributed by atoms with Gasteiger partial charge < -0.3 is 10.0 Å². The minimum atomic E-state index is -3.92. The molecule has 0 radical (unpaired) electrons. The molecule has 1 aliphatic rings. The molecule has 1 fully saturated rings. The third-order valence-corrected chi connectivity index (χ3v) is 9.46. The summed E-state index contributed by atoms with van der Waals surface area (Å²) in [5, 5.41) is 9.06. The molecule has 0 spiro atoms. The number of nitrogens with zero attached hydrogens (tertiary/aromatic N) is 2. The zero-order chi connectivity index (χ0) is 30.0. The van der Waals surface area contributed by atoms with E-state index in [9.17, 15) is 31.9 Å². The van der Waals surface area contributed by atoms with E-state index in [0.29, 0.717) is 48.2 Å². The van der Waals surface area contributed by atoms with Gasteiger partial charge in [0.2, 0.25) is 0 Å². The number of hydrogen-bond donors (Lipinski definition) is 1. The molecule has 1 unspecified atom stereocenters. The molecule has 4 aromatic rings. The second-order valence-corrected chi connectivity index (χ2v) is 12.1. The number of carbonyl (C=O) groups is 2. The molecule has 42 heavy (non-hydrogen) atoms. The summed E-state index contributed by atoms with van der Waals surface area (Å²) in [7, 11) is -3.92. The lowest BCUT2D eigenvalue weighted by Gasteiger charge is -2.39. The molecule has 0 saturated carbocycles. The van der Waals surface area contributed by atoms with E-state index < -0.39 is 32.8 Å². The third-order valence-electron chi connectivity index (χ3n) is 7.41. The summed E-state index contributed by atoms with van der Waals surface area (Å²) in [5.74, 6) is -2.45. The number of sulfone groups is 1. The fourth-order valence-corrected chi connectivity index (χ4v) is 7.00. The number of para-hydroxylation sites is 1. The fraction of sp³-hybridized carbons (Fsp3) is 0.188. The SMILES string of the molecule is C=CC(N1CCN(c2ccccc2F)CC1)S(=O)(=O)c1ccc(C(=O)c2cc(CC(=O)O)cc3ccc(F)cc23)cc1. The summed E-state index contributed by atoms with van der Waals surface area (Å²) in [6, 6.07) is 18.9. The Kier molecular flexibility index (Phi) is 8.20. The Hall–Kier alpha value is -4.41. The maximum Gasteiger partial charge on any atom is 0.307 e. The van der Waals surface area contributed by atoms with E-state index in [1.165, 1.54) is 60.7 Å². The molecule has 5 rings (SSSR count). The summed E-state index contributed by atoms with van der Waals surface area (Å²) < 4.78 is 55.5. The van der Waals surface area contributed by atoms with Crippen LogP contribution in [0.4, 0.5) is 14.5 Å². The molecular weight excluding hydrogens is 562 g/mol. The third kappa shape index (κ3) is 5.81. The first kappa shape index (κ1) is 29.1. The largest absolute Gasteiger partial charge is 0.481 e. The molecule has 10 heteroatoms. The average molecular weight is 591 g/mol. The van der Waals surface area contributed by atoms with Gasteiger partial charge in [-0.15, -0.1) is 6.58 Å². The first-order valence-corrected chi connectivity index (χ1v) is 14.8. The number of carboxylic acids is 1. The highest BCUT2D eigenvalue weighted by Crippen LogP contribution is 2.28. The zero-order valence-corrected chi connectivity index (χ0v) is 23.4. The van der Waals surface area contributed by atoms with Crippen LogP contribution < -0.4 is 4.90 Å². The number of carbonyl (C=O) groups excluding carboxylic acids is 1. The van der Waals surface area contributed by atoms with Crippen LogP contribution in [-0.4, -0.2) is 61.7 Å². The number of fused-ring (bicyclic) bond motifs is 1. The predicted molar refractivity (Wildman–Crippen MR) is 156 cm³/mol. The van der Waals surface area contributed by atoms with E-state index in [1.54, 1.807) is 29.2 Å². The quantitative estimate of drug-likeness (QED) is 0.215. The Morgan fingerprint density at radius 3 is 2.26 bits per heavy atom. The molecule has 1 atom stereocenters. The zero-order valence-electron chi connectivity index (χ0n) is 22.5. The molecule has 216 valence electrons. The van der Waals surface area contributed by atoms with Crippen molar-refractivity contribution >= 4 is 38.0 Å². The minimum absolute atomic E-state index is 0.00369. The van der Waals surface area contributed by atoms with E-state index in [-0.39, 0.29) is 28.3 Å². The van der Waals surface area contributed by atoms with Gasteiger partial charge >= 0.3 is 5.97 Å². The molecule has 0 aromatic heterocycles. The number of piperazine rings is 1. The van der Waals surface area contributed by atoms with E-state index >= 15 is 0 Å². The maximum absolute atomic E-state index is 14.2. The summed E-state index contributed by atoms with van der Waals surface area (Å²) in [5.41, 5.74) is 1.14. The number of benzene rings is 4. The normalized spacial score (nSPS) is 15.0. The summed E-state index contributed by atoms with van der Waals surface area (Å²) >= 11 is 0. The lowest BCUT2D eigenvalue weighted by atomic mass is 9.94. The molecule has 1 aliphatic heterocycles. The van der Waals surface area contributed by atoms with Crippen molar-refractivity contribution in [1.29, 1.82) is 0 Å². The number of rotatable bonds is 9. The van der Waals surface area contributed by atoms with Crippen molar-refractivity contribution in [3.8, 4) is 0 Å². The number of ketones is 1. The molecule has 7 nitrogen and oxygen atoms in total. The van der Waals surface area contributed by atoms with Crippen LogP contribution in [0.1, 0.15) is 21.5 Å². The van der Waals surface area contributed by atoms with Crippen LogP contribution in [0.5, 0.6) is 0 Å². The van der Waals surface area contributed by atoms with Crippen LogP contribution in [0.3, 0.4) is 0 Å². The minimum Gasteiger partial charge on any atom is -0.481 e. The maximum atomic E-state index is 14.2. The van der Waals surface area contributed by atoms with Crippen LogP contribution in [0.2, 0.25) is 0 Å². The topological polar surface area (TPSA) is 95.0 Å². The summed E-state index contributed by atoms with van der Waals surface area (Å²) in [6.45, 7) is 5.36. The highest BCUT2D eigenvalue weighted by atomic mass is 32.2. The van der Waals surface area contributed by atoms with Crippen LogP contribution in [0, 0.1) is 11.6 Å². The van der Waals surface area contributed by atoms with Gasteiger partial charge in [0, 0.05) is 37.3 Å². The highest BCUT2D eigenvalue weighted by molar-refractivity contribution is 7.92. The molecule has 0 aliphatic carbocycles. The molecule has 1 heterocycles. The van der Waals surface area contributed by atoms with Gasteiger partial charge in [-0.1, -0.05) is 30.3 Å². The van der Waals surface area contributed by atoms with Crippen molar-refractivity contribution in [3.05, 3.63) is 120 Å². The van der Waals surface area contributed by atoms with Crippen LogP contribution >= 0.6 is 0 Å². The monoisotopic (exact) mass is 590 g/mol. The molecule has 0 bridgehead atoms. The Labute approximate surface area is 242 Å². The van der Waals surface area contributed by atoms with Gasteiger partial charge in [-0.2, -0.15) is 0 Å². The van der Waals surface area contributed by atoms with E-state index in [0.717, 1.165) is 0 Å². The first-order valence-electron chi connectivity index (χ1n) is 13.3. The van der Waals surface area contributed by atoms with Crippen molar-refractivity contribution in [2.75, 3.05) is 31.1 Å². The Bertz CT molecular complexity index is 1780. The van der Waals surface area contributed by atoms with Gasteiger partial charge in [-0.25, -0.2) is 17.2 Å². The summed E-state index contributed by atoms with van der Waals surface area (Å²) in [4.78, 5) is 28.4. The smallest absolute Gasteiger partial charge is 0.307 e. The Balaban J connectivity index is 1.38. The Morgan fingerprint density at radius 1 is 0.929 bits per heavy atom. The molecule has 0 amide bonds. The van der Waals surface area contributed by atoms with E-state index in [2.05, 4.69) is 6.58 Å². The average Bonchev–Trinajstić information content (AvgIpc) is 2.97. The highest BCUT2D eigenvalue weighted by Gasteiger charge is 2.33. The van der Waals surface area contributed by atoms with Crippen molar-refractivity contribution in [1.82, 2.24) is 4.90 Å². The number of aliphatic carboxylic acids is 1. The second kappa shape index (κ2) is 11.8. The van der Waals surface area contributed by atoms with Crippen LogP contribution in [-0.2, 0) is 21.1 Å². The first-order chi connectivity index (χ1) is 20.1. The van der Waals surface area contributed by atoms with Crippen LogP contribution in [0.25, 0.3) is 10.8 Å². The fourth-order valence-electron chi connectivity index (χ4n) is 5.35. The van der Waals surface area contributed by atoms with Crippen LogP contribution in [0.15, 0.2) is 96.4 Å². The molecule has 4 aromatic carbocycles. The standard InChI is InChI=1S/C32H28F2N2O5S/c1-2-30(36-15-13-35(14-16-36)29-6-4-3-5-28(29)34)42(40,41)25-11-8-22(9-12-25)32(39)27-18-21(19-31(37)38)17-23-7-10-24(33)20-26(23)27/h2-12,17-18,20,30H,1,13-16,19H2,(H,37,38). The van der Waals surface area contributed by atoms with E-state index in [1.807, 2.05) is 4.90 Å². The van der Waals surface area contributed by atoms with E-state index in [4.69, 9.17) is 0 Å².